The third-order valence-corrected chi connectivity index (χ3v) is 4.40. The van der Waals surface area contributed by atoms with Gasteiger partial charge in [0.05, 0.1) is 7.11 Å². The van der Waals surface area contributed by atoms with Gasteiger partial charge < -0.3 is 15.4 Å². The summed E-state index contributed by atoms with van der Waals surface area (Å²) in [6, 6.07) is 4.99. The molecule has 4 nitrogen and oxygen atoms in total. The predicted molar refractivity (Wildman–Crippen MR) is 73.1 cm³/mol. The van der Waals surface area contributed by atoms with E-state index >= 15 is 0 Å². The fourth-order valence-electron chi connectivity index (χ4n) is 3.50. The Balaban J connectivity index is 1.84. The molecule has 2 fully saturated rings. The molecule has 0 spiro atoms. The van der Waals surface area contributed by atoms with Crippen LogP contribution in [-0.2, 0) is 0 Å². The molecule has 2 saturated heterocycles. The first-order chi connectivity index (χ1) is 9.60. The molecule has 2 heterocycles. The summed E-state index contributed by atoms with van der Waals surface area (Å²) in [5.74, 6) is -0.435. The first kappa shape index (κ1) is 13.4. The highest BCUT2D eigenvalue weighted by molar-refractivity contribution is 5.95. The van der Waals surface area contributed by atoms with Gasteiger partial charge in [0.1, 0.15) is 0 Å². The number of nitrogens with two attached hydrogens (primary N) is 1. The fourth-order valence-corrected chi connectivity index (χ4v) is 3.50. The number of benzene rings is 1. The Bertz CT molecular complexity index is 521. The van der Waals surface area contributed by atoms with E-state index in [4.69, 9.17) is 10.5 Å². The smallest absolute Gasteiger partial charge is 0.254 e. The number of ether oxygens (including phenoxy) is 1. The lowest BCUT2D eigenvalue weighted by molar-refractivity contribution is 0.0574. The summed E-state index contributed by atoms with van der Waals surface area (Å²) in [5, 5.41) is 0. The summed E-state index contributed by atoms with van der Waals surface area (Å²) in [7, 11) is 1.41. The third kappa shape index (κ3) is 2.16. The van der Waals surface area contributed by atoms with Crippen LogP contribution in [0.5, 0.6) is 5.75 Å². The van der Waals surface area contributed by atoms with E-state index < -0.39 is 5.82 Å². The average Bonchev–Trinajstić information content (AvgIpc) is 2.70. The number of fused-ring (bicyclic) bond motifs is 2. The molecule has 0 aromatic heterocycles. The van der Waals surface area contributed by atoms with Crippen molar-refractivity contribution < 1.29 is 13.9 Å². The van der Waals surface area contributed by atoms with Crippen LogP contribution < -0.4 is 10.5 Å². The summed E-state index contributed by atoms with van der Waals surface area (Å²) in [4.78, 5) is 14.5. The van der Waals surface area contributed by atoms with Crippen LogP contribution in [-0.4, -0.2) is 36.0 Å². The highest BCUT2D eigenvalue weighted by Gasteiger charge is 2.42. The van der Waals surface area contributed by atoms with E-state index in [1.165, 1.54) is 19.2 Å². The summed E-state index contributed by atoms with van der Waals surface area (Å²) >= 11 is 0. The molecular formula is C15H19FN2O2. The number of rotatable bonds is 2. The van der Waals surface area contributed by atoms with Crippen molar-refractivity contribution in [1.82, 2.24) is 4.90 Å². The molecule has 1 aromatic carbocycles. The monoisotopic (exact) mass is 278 g/mol. The van der Waals surface area contributed by atoms with Crippen LogP contribution in [0.3, 0.4) is 0 Å². The van der Waals surface area contributed by atoms with E-state index in [1.807, 2.05) is 4.90 Å². The molecule has 2 atom stereocenters. The van der Waals surface area contributed by atoms with Crippen LogP contribution in [0, 0.1) is 5.82 Å². The van der Waals surface area contributed by atoms with E-state index in [-0.39, 0.29) is 29.8 Å². The number of hydrogen-bond donors (Lipinski definition) is 1. The number of hydrogen-bond acceptors (Lipinski definition) is 3. The van der Waals surface area contributed by atoms with Crippen molar-refractivity contribution in [1.29, 1.82) is 0 Å². The molecule has 0 aliphatic carbocycles. The predicted octanol–water partition coefficient (Wildman–Crippen LogP) is 1.93. The number of piperidine rings is 1. The Hall–Kier alpha value is -1.62. The van der Waals surface area contributed by atoms with Crippen molar-refractivity contribution >= 4 is 5.91 Å². The molecule has 2 aliphatic rings. The van der Waals surface area contributed by atoms with Crippen molar-refractivity contribution in [3.05, 3.63) is 29.6 Å². The molecule has 2 aliphatic heterocycles. The summed E-state index contributed by atoms with van der Waals surface area (Å²) in [5.41, 5.74) is 6.39. The second kappa shape index (κ2) is 5.05. The lowest BCUT2D eigenvalue weighted by Crippen LogP contribution is -2.50. The number of methoxy groups -OCH3 is 1. The zero-order chi connectivity index (χ0) is 14.3. The highest BCUT2D eigenvalue weighted by Crippen LogP contribution is 2.36. The molecule has 5 heteroatoms. The molecule has 0 radical (unpaired) electrons. The fraction of sp³-hybridized carbons (Fsp3) is 0.533. The Morgan fingerprint density at radius 1 is 1.35 bits per heavy atom. The van der Waals surface area contributed by atoms with Crippen LogP contribution in [0.4, 0.5) is 4.39 Å². The van der Waals surface area contributed by atoms with E-state index in [0.717, 1.165) is 25.7 Å². The maximum absolute atomic E-state index is 13.7. The van der Waals surface area contributed by atoms with Crippen molar-refractivity contribution in [3.8, 4) is 5.75 Å². The molecule has 108 valence electrons. The van der Waals surface area contributed by atoms with E-state index in [2.05, 4.69) is 0 Å². The number of carbonyl (C=O) groups excluding carboxylic acids is 1. The molecule has 20 heavy (non-hydrogen) atoms. The average molecular weight is 278 g/mol. The van der Waals surface area contributed by atoms with Crippen LogP contribution in [0.2, 0.25) is 0 Å². The lowest BCUT2D eigenvalue weighted by Gasteiger charge is -2.37. The second-order valence-electron chi connectivity index (χ2n) is 5.68. The number of nitrogens with zero attached hydrogens (tertiary/aromatic N) is 1. The number of amides is 1. The SMILES string of the molecule is COc1ccc(C(=O)N2C3CCC2CC(N)C3)cc1F. The molecule has 2 unspecified atom stereocenters. The number of halogens is 1. The van der Waals surface area contributed by atoms with Crippen molar-refractivity contribution in [2.75, 3.05) is 7.11 Å². The van der Waals surface area contributed by atoms with Gasteiger partial charge in [-0.1, -0.05) is 0 Å². The van der Waals surface area contributed by atoms with Gasteiger partial charge in [-0.3, -0.25) is 4.79 Å². The van der Waals surface area contributed by atoms with Gasteiger partial charge in [0.25, 0.3) is 5.91 Å². The minimum absolute atomic E-state index is 0.0917. The normalized spacial score (nSPS) is 28.6. The Morgan fingerprint density at radius 2 is 2.00 bits per heavy atom. The first-order valence-corrected chi connectivity index (χ1v) is 7.02. The van der Waals surface area contributed by atoms with Gasteiger partial charge in [0, 0.05) is 23.7 Å². The maximum atomic E-state index is 13.7. The standard InChI is InChI=1S/C15H19FN2O2/c1-20-14-5-2-9(6-13(14)16)15(19)18-11-3-4-12(18)8-10(17)7-11/h2,5-6,10-12H,3-4,7-8,17H2,1H3. The van der Waals surface area contributed by atoms with Gasteiger partial charge in [-0.05, 0) is 43.9 Å². The van der Waals surface area contributed by atoms with E-state index in [0.29, 0.717) is 5.56 Å². The minimum atomic E-state index is -0.501. The molecule has 1 amide bonds. The van der Waals surface area contributed by atoms with E-state index in [1.54, 1.807) is 6.07 Å². The molecule has 3 rings (SSSR count). The molecular weight excluding hydrogens is 259 g/mol. The first-order valence-electron chi connectivity index (χ1n) is 7.02. The topological polar surface area (TPSA) is 55.6 Å². The van der Waals surface area contributed by atoms with Crippen molar-refractivity contribution in [2.24, 2.45) is 5.73 Å². The van der Waals surface area contributed by atoms with Gasteiger partial charge in [-0.25, -0.2) is 4.39 Å². The molecule has 0 saturated carbocycles. The molecule has 2 bridgehead atoms. The van der Waals surface area contributed by atoms with E-state index in [9.17, 15) is 9.18 Å². The van der Waals surface area contributed by atoms with Gasteiger partial charge in [-0.15, -0.1) is 0 Å². The summed E-state index contributed by atoms with van der Waals surface area (Å²) in [6.45, 7) is 0. The molecule has 1 aromatic rings. The van der Waals surface area contributed by atoms with Crippen LogP contribution in [0.25, 0.3) is 0 Å². The largest absolute Gasteiger partial charge is 0.494 e. The van der Waals surface area contributed by atoms with Crippen LogP contribution in [0.15, 0.2) is 18.2 Å². The Labute approximate surface area is 117 Å². The van der Waals surface area contributed by atoms with Crippen LogP contribution in [0.1, 0.15) is 36.0 Å². The maximum Gasteiger partial charge on any atom is 0.254 e. The van der Waals surface area contributed by atoms with Crippen molar-refractivity contribution in [2.45, 2.75) is 43.8 Å². The summed E-state index contributed by atoms with van der Waals surface area (Å²) < 4.78 is 18.6. The van der Waals surface area contributed by atoms with Gasteiger partial charge >= 0.3 is 0 Å². The highest BCUT2D eigenvalue weighted by atomic mass is 19.1. The Kier molecular flexibility index (Phi) is 3.38. The quantitative estimate of drug-likeness (QED) is 0.899. The summed E-state index contributed by atoms with van der Waals surface area (Å²) in [6.07, 6.45) is 3.70. The third-order valence-electron chi connectivity index (χ3n) is 4.40. The lowest BCUT2D eigenvalue weighted by atomic mass is 9.97. The zero-order valence-corrected chi connectivity index (χ0v) is 11.5. The van der Waals surface area contributed by atoms with Crippen LogP contribution >= 0.6 is 0 Å². The van der Waals surface area contributed by atoms with Gasteiger partial charge in [0.15, 0.2) is 11.6 Å². The Morgan fingerprint density at radius 3 is 2.55 bits per heavy atom. The van der Waals surface area contributed by atoms with Crippen molar-refractivity contribution in [3.63, 3.8) is 0 Å². The zero-order valence-electron chi connectivity index (χ0n) is 11.5. The molecule has 2 N–H and O–H groups in total. The minimum Gasteiger partial charge on any atom is -0.494 e. The number of carbonyl (C=O) groups is 1. The van der Waals surface area contributed by atoms with Gasteiger partial charge in [-0.2, -0.15) is 0 Å². The van der Waals surface area contributed by atoms with Gasteiger partial charge in [0.2, 0.25) is 0 Å². The second-order valence-corrected chi connectivity index (χ2v) is 5.68.